The second-order valence-electron chi connectivity index (χ2n) is 9.53. The summed E-state index contributed by atoms with van der Waals surface area (Å²) in [4.78, 5) is 11.7. The molecule has 0 fully saturated rings. The van der Waals surface area contributed by atoms with E-state index >= 15 is 0 Å². The van der Waals surface area contributed by atoms with Gasteiger partial charge >= 0.3 is 0 Å². The third-order valence-corrected chi connectivity index (χ3v) is 4.87. The van der Waals surface area contributed by atoms with E-state index in [0.717, 1.165) is 16.7 Å². The number of rotatable bonds is 4. The van der Waals surface area contributed by atoms with Crippen molar-refractivity contribution in [2.45, 2.75) is 78.2 Å². The molecule has 0 saturated carbocycles. The third kappa shape index (κ3) is 4.76. The molecule has 5 heteroatoms. The van der Waals surface area contributed by atoms with Crippen LogP contribution in [0.2, 0.25) is 0 Å². The van der Waals surface area contributed by atoms with Crippen LogP contribution < -0.4 is 5.43 Å². The first-order valence-electron chi connectivity index (χ1n) is 9.60. The van der Waals surface area contributed by atoms with E-state index in [1.807, 2.05) is 53.7 Å². The molecular weight excluding hydrogens is 356 g/mol. The van der Waals surface area contributed by atoms with Gasteiger partial charge in [0.25, 0.3) is 0 Å². The normalized spacial score (nSPS) is 13.6. The van der Waals surface area contributed by atoms with Crippen LogP contribution in [0.4, 0.5) is 0 Å². The summed E-state index contributed by atoms with van der Waals surface area (Å²) in [5.74, 6) is 0.00331. The number of aryl methyl sites for hydroxylation is 2. The predicted octanol–water partition coefficient (Wildman–Crippen LogP) is 4.62. The topological polar surface area (TPSA) is 90.9 Å². The lowest BCUT2D eigenvalue weighted by Crippen LogP contribution is -2.18. The highest BCUT2D eigenvalue weighted by Gasteiger charge is 2.27. The molecule has 0 spiro atoms. The summed E-state index contributed by atoms with van der Waals surface area (Å²) in [6.07, 6.45) is -0.319. The van der Waals surface area contributed by atoms with Gasteiger partial charge in [-0.25, -0.2) is 0 Å². The van der Waals surface area contributed by atoms with Gasteiger partial charge in [0.05, 0.1) is 0 Å². The number of aromatic hydroxyl groups is 2. The fourth-order valence-electron chi connectivity index (χ4n) is 3.27. The Hall–Kier alpha value is -2.27. The van der Waals surface area contributed by atoms with E-state index in [1.54, 1.807) is 6.92 Å². The first-order valence-corrected chi connectivity index (χ1v) is 9.60. The molecule has 1 unspecified atom stereocenters. The third-order valence-electron chi connectivity index (χ3n) is 4.87. The Bertz CT molecular complexity index is 875. The van der Waals surface area contributed by atoms with Gasteiger partial charge in [0, 0.05) is 6.07 Å². The average molecular weight is 389 g/mol. The van der Waals surface area contributed by atoms with Crippen molar-refractivity contribution in [2.75, 3.05) is 0 Å². The summed E-state index contributed by atoms with van der Waals surface area (Å²) in [7, 11) is 0. The van der Waals surface area contributed by atoms with Crippen molar-refractivity contribution in [3.63, 3.8) is 0 Å². The zero-order chi connectivity index (χ0) is 21.4. The van der Waals surface area contributed by atoms with Crippen LogP contribution in [0.25, 0.3) is 0 Å². The van der Waals surface area contributed by atoms with Gasteiger partial charge < -0.3 is 19.7 Å². The second kappa shape index (κ2) is 7.63. The number of phenols is 1. The van der Waals surface area contributed by atoms with Gasteiger partial charge in [-0.15, -0.1) is 0 Å². The Labute approximate surface area is 166 Å². The summed E-state index contributed by atoms with van der Waals surface area (Å²) in [5, 5.41) is 31.2. The SMILES string of the molecule is Cc1cc(=O)c(O)c(C(O)CCc2cc(C(C)(C)C)c(O)c(C(C)(C)C)c2)o1. The summed E-state index contributed by atoms with van der Waals surface area (Å²) in [5.41, 5.74) is 1.65. The van der Waals surface area contributed by atoms with Gasteiger partial charge in [0.15, 0.2) is 5.76 Å². The lowest BCUT2D eigenvalue weighted by Gasteiger charge is -2.28. The van der Waals surface area contributed by atoms with Crippen LogP contribution in [-0.4, -0.2) is 15.3 Å². The van der Waals surface area contributed by atoms with E-state index in [1.165, 1.54) is 6.07 Å². The number of aliphatic hydroxyl groups is 1. The van der Waals surface area contributed by atoms with Crippen LogP contribution in [0.1, 0.15) is 82.3 Å². The van der Waals surface area contributed by atoms with Crippen LogP contribution >= 0.6 is 0 Å². The Morgan fingerprint density at radius 3 is 1.89 bits per heavy atom. The molecule has 0 amide bonds. The highest BCUT2D eigenvalue weighted by atomic mass is 16.4. The lowest BCUT2D eigenvalue weighted by molar-refractivity contribution is 0.130. The van der Waals surface area contributed by atoms with E-state index < -0.39 is 17.3 Å². The quantitative estimate of drug-likeness (QED) is 0.711. The lowest BCUT2D eigenvalue weighted by atomic mass is 9.78. The molecule has 0 aliphatic carbocycles. The minimum atomic E-state index is -1.10. The van der Waals surface area contributed by atoms with E-state index in [9.17, 15) is 20.1 Å². The molecular formula is C23H32O5. The van der Waals surface area contributed by atoms with Crippen molar-refractivity contribution >= 4 is 0 Å². The molecule has 154 valence electrons. The van der Waals surface area contributed by atoms with Gasteiger partial charge in [-0.05, 0) is 47.3 Å². The first-order chi connectivity index (χ1) is 12.7. The van der Waals surface area contributed by atoms with Crippen molar-refractivity contribution in [1.82, 2.24) is 0 Å². The molecule has 2 aromatic rings. The van der Waals surface area contributed by atoms with Crippen LogP contribution in [0.3, 0.4) is 0 Å². The molecule has 1 aromatic carbocycles. The van der Waals surface area contributed by atoms with Crippen molar-refractivity contribution in [3.05, 3.63) is 56.6 Å². The molecule has 1 aromatic heterocycles. The minimum Gasteiger partial charge on any atom is -0.507 e. The van der Waals surface area contributed by atoms with E-state index in [0.29, 0.717) is 17.9 Å². The predicted molar refractivity (Wildman–Crippen MR) is 110 cm³/mol. The second-order valence-corrected chi connectivity index (χ2v) is 9.53. The van der Waals surface area contributed by atoms with Gasteiger partial charge in [0.1, 0.15) is 17.6 Å². The van der Waals surface area contributed by atoms with Crippen molar-refractivity contribution in [2.24, 2.45) is 0 Å². The number of phenolic OH excluding ortho intramolecular Hbond substituents is 1. The highest BCUT2D eigenvalue weighted by Crippen LogP contribution is 2.40. The fraction of sp³-hybridized carbons (Fsp3) is 0.522. The Kier molecular flexibility index (Phi) is 6.00. The summed E-state index contributed by atoms with van der Waals surface area (Å²) < 4.78 is 5.37. The smallest absolute Gasteiger partial charge is 0.227 e. The number of aliphatic hydroxyl groups excluding tert-OH is 1. The zero-order valence-electron chi connectivity index (χ0n) is 17.9. The maximum Gasteiger partial charge on any atom is 0.227 e. The molecule has 0 radical (unpaired) electrons. The zero-order valence-corrected chi connectivity index (χ0v) is 17.9. The van der Waals surface area contributed by atoms with Crippen LogP contribution in [0, 0.1) is 6.92 Å². The molecule has 0 bridgehead atoms. The molecule has 2 rings (SSSR count). The van der Waals surface area contributed by atoms with Gasteiger partial charge in [-0.2, -0.15) is 0 Å². The van der Waals surface area contributed by atoms with Gasteiger partial charge in [-0.1, -0.05) is 53.7 Å². The molecule has 0 saturated heterocycles. The Morgan fingerprint density at radius 2 is 1.43 bits per heavy atom. The molecule has 1 atom stereocenters. The molecule has 0 aliphatic rings. The van der Waals surface area contributed by atoms with E-state index in [2.05, 4.69) is 0 Å². The monoisotopic (exact) mass is 388 g/mol. The van der Waals surface area contributed by atoms with Gasteiger partial charge in [-0.3, -0.25) is 4.79 Å². The molecule has 3 N–H and O–H groups in total. The average Bonchev–Trinajstić information content (AvgIpc) is 2.54. The molecule has 0 aliphatic heterocycles. The highest BCUT2D eigenvalue weighted by molar-refractivity contribution is 5.50. The maximum absolute atomic E-state index is 11.7. The minimum absolute atomic E-state index is 0.101. The van der Waals surface area contributed by atoms with E-state index in [4.69, 9.17) is 4.42 Å². The van der Waals surface area contributed by atoms with Crippen LogP contribution in [0.5, 0.6) is 11.5 Å². The molecule has 5 nitrogen and oxygen atoms in total. The number of benzene rings is 1. The maximum atomic E-state index is 11.7. The molecule has 28 heavy (non-hydrogen) atoms. The summed E-state index contributed by atoms with van der Waals surface area (Å²) in [6, 6.07) is 5.11. The van der Waals surface area contributed by atoms with Crippen molar-refractivity contribution < 1.29 is 19.7 Å². The fourth-order valence-corrected chi connectivity index (χ4v) is 3.27. The Balaban J connectivity index is 2.38. The largest absolute Gasteiger partial charge is 0.507 e. The Morgan fingerprint density at radius 1 is 0.929 bits per heavy atom. The van der Waals surface area contributed by atoms with Gasteiger partial charge in [0.2, 0.25) is 11.2 Å². The molecule has 1 heterocycles. The summed E-state index contributed by atoms with van der Waals surface area (Å²) in [6.45, 7) is 13.9. The van der Waals surface area contributed by atoms with Crippen LogP contribution in [0.15, 0.2) is 27.4 Å². The standard InChI is InChI=1S/C23H32O5/c1-13-10-18(25)20(27)21(28-13)17(24)9-8-14-11-15(22(2,3)4)19(26)16(12-14)23(5,6)7/h10-12,17,24,26-27H,8-9H2,1-7H3. The first kappa shape index (κ1) is 22.0. The van der Waals surface area contributed by atoms with Crippen LogP contribution in [-0.2, 0) is 17.3 Å². The summed E-state index contributed by atoms with van der Waals surface area (Å²) >= 11 is 0. The number of hydrogen-bond donors (Lipinski definition) is 3. The van der Waals surface area contributed by atoms with Crippen molar-refractivity contribution in [3.8, 4) is 11.5 Å². The number of hydrogen-bond acceptors (Lipinski definition) is 5. The van der Waals surface area contributed by atoms with Crippen molar-refractivity contribution in [1.29, 1.82) is 0 Å². The van der Waals surface area contributed by atoms with E-state index in [-0.39, 0.29) is 23.0 Å².